The van der Waals surface area contributed by atoms with Gasteiger partial charge < -0.3 is 20.1 Å². The molecule has 0 aliphatic carbocycles. The molecule has 0 spiro atoms. The standard InChI is InChI=1S/C20H18FN3O3/c1-26-16-7-8-17(18(11-16)27-2)24-19-9-6-13(12-22-19)20(25)23-15-5-3-4-14(21)10-15/h3-12H,1-2H3,(H,22,24)(H,23,25). The fourth-order valence-corrected chi connectivity index (χ4v) is 2.41. The van der Waals surface area contributed by atoms with Crippen molar-refractivity contribution >= 4 is 23.1 Å². The average Bonchev–Trinajstić information content (AvgIpc) is 2.69. The molecule has 138 valence electrons. The van der Waals surface area contributed by atoms with E-state index in [-0.39, 0.29) is 5.91 Å². The number of aromatic nitrogens is 1. The van der Waals surface area contributed by atoms with Crippen LogP contribution in [0.1, 0.15) is 10.4 Å². The zero-order valence-electron chi connectivity index (χ0n) is 14.8. The van der Waals surface area contributed by atoms with Crippen LogP contribution in [0, 0.1) is 5.82 Å². The summed E-state index contributed by atoms with van der Waals surface area (Å²) in [7, 11) is 3.14. The highest BCUT2D eigenvalue weighted by Gasteiger charge is 2.09. The molecule has 3 rings (SSSR count). The van der Waals surface area contributed by atoms with Gasteiger partial charge in [-0.2, -0.15) is 0 Å². The zero-order valence-corrected chi connectivity index (χ0v) is 14.8. The van der Waals surface area contributed by atoms with Crippen LogP contribution in [0.2, 0.25) is 0 Å². The summed E-state index contributed by atoms with van der Waals surface area (Å²) in [5, 5.41) is 5.75. The Hall–Kier alpha value is -3.61. The van der Waals surface area contributed by atoms with Gasteiger partial charge in [0.2, 0.25) is 0 Å². The lowest BCUT2D eigenvalue weighted by Crippen LogP contribution is -2.12. The zero-order chi connectivity index (χ0) is 19.2. The number of methoxy groups -OCH3 is 2. The van der Waals surface area contributed by atoms with Crippen LogP contribution in [-0.2, 0) is 0 Å². The fraction of sp³-hybridized carbons (Fsp3) is 0.100. The van der Waals surface area contributed by atoms with E-state index in [2.05, 4.69) is 15.6 Å². The van der Waals surface area contributed by atoms with Crippen LogP contribution in [0.4, 0.5) is 21.6 Å². The Kier molecular flexibility index (Phi) is 5.51. The first-order valence-corrected chi connectivity index (χ1v) is 8.11. The number of ether oxygens (including phenoxy) is 2. The van der Waals surface area contributed by atoms with E-state index in [1.165, 1.54) is 24.4 Å². The molecule has 27 heavy (non-hydrogen) atoms. The topological polar surface area (TPSA) is 72.5 Å². The maximum atomic E-state index is 13.2. The molecule has 0 aliphatic rings. The third-order valence-electron chi connectivity index (χ3n) is 3.78. The minimum atomic E-state index is -0.418. The van der Waals surface area contributed by atoms with Gasteiger partial charge in [0.1, 0.15) is 23.1 Å². The van der Waals surface area contributed by atoms with Crippen molar-refractivity contribution in [3.63, 3.8) is 0 Å². The van der Waals surface area contributed by atoms with Crippen LogP contribution >= 0.6 is 0 Å². The summed E-state index contributed by atoms with van der Waals surface area (Å²) < 4.78 is 23.7. The summed E-state index contributed by atoms with van der Waals surface area (Å²) in [6, 6.07) is 14.4. The predicted octanol–water partition coefficient (Wildman–Crippen LogP) is 4.23. The Balaban J connectivity index is 1.71. The number of hydrogen-bond acceptors (Lipinski definition) is 5. The van der Waals surface area contributed by atoms with E-state index >= 15 is 0 Å². The molecule has 3 aromatic rings. The van der Waals surface area contributed by atoms with Gasteiger partial charge in [-0.3, -0.25) is 4.79 Å². The van der Waals surface area contributed by atoms with Gasteiger partial charge in [0.05, 0.1) is 25.5 Å². The van der Waals surface area contributed by atoms with E-state index in [1.54, 1.807) is 44.6 Å². The number of anilines is 3. The van der Waals surface area contributed by atoms with Gasteiger partial charge in [0, 0.05) is 18.0 Å². The Labute approximate surface area is 156 Å². The third kappa shape index (κ3) is 4.52. The number of rotatable bonds is 6. The van der Waals surface area contributed by atoms with Crippen LogP contribution in [0.15, 0.2) is 60.8 Å². The minimum Gasteiger partial charge on any atom is -0.497 e. The Morgan fingerprint density at radius 1 is 1.04 bits per heavy atom. The van der Waals surface area contributed by atoms with Crippen LogP contribution in [0.3, 0.4) is 0 Å². The van der Waals surface area contributed by atoms with Gasteiger partial charge >= 0.3 is 0 Å². The highest BCUT2D eigenvalue weighted by atomic mass is 19.1. The second kappa shape index (κ2) is 8.18. The largest absolute Gasteiger partial charge is 0.497 e. The first-order chi connectivity index (χ1) is 13.1. The quantitative estimate of drug-likeness (QED) is 0.682. The van der Waals surface area contributed by atoms with Crippen LogP contribution in [-0.4, -0.2) is 25.1 Å². The number of halogens is 1. The van der Waals surface area contributed by atoms with E-state index < -0.39 is 5.82 Å². The van der Waals surface area contributed by atoms with Crippen molar-refractivity contribution in [1.29, 1.82) is 0 Å². The summed E-state index contributed by atoms with van der Waals surface area (Å²) in [6.45, 7) is 0. The molecule has 6 nitrogen and oxygen atoms in total. The summed E-state index contributed by atoms with van der Waals surface area (Å²) in [4.78, 5) is 16.5. The first kappa shape index (κ1) is 18.2. The lowest BCUT2D eigenvalue weighted by molar-refractivity contribution is 0.102. The maximum absolute atomic E-state index is 13.2. The summed E-state index contributed by atoms with van der Waals surface area (Å²) >= 11 is 0. The van der Waals surface area contributed by atoms with Crippen molar-refractivity contribution in [1.82, 2.24) is 4.98 Å². The number of pyridine rings is 1. The normalized spacial score (nSPS) is 10.2. The second-order valence-corrected chi connectivity index (χ2v) is 5.59. The third-order valence-corrected chi connectivity index (χ3v) is 3.78. The first-order valence-electron chi connectivity index (χ1n) is 8.11. The van der Waals surface area contributed by atoms with Crippen LogP contribution in [0.25, 0.3) is 0 Å². The number of nitrogens with zero attached hydrogens (tertiary/aromatic N) is 1. The van der Waals surface area contributed by atoms with Crippen molar-refractivity contribution in [3.05, 3.63) is 72.2 Å². The van der Waals surface area contributed by atoms with Gasteiger partial charge in [-0.25, -0.2) is 9.37 Å². The Bertz CT molecular complexity index is 945. The fourth-order valence-electron chi connectivity index (χ4n) is 2.41. The van der Waals surface area contributed by atoms with E-state index in [9.17, 15) is 9.18 Å². The minimum absolute atomic E-state index is 0.353. The molecule has 0 aliphatic heterocycles. The molecule has 0 atom stereocenters. The van der Waals surface area contributed by atoms with Crippen molar-refractivity contribution in [2.24, 2.45) is 0 Å². The number of carbonyl (C=O) groups is 1. The number of hydrogen-bond donors (Lipinski definition) is 2. The number of amides is 1. The number of nitrogens with one attached hydrogen (secondary N) is 2. The van der Waals surface area contributed by atoms with E-state index in [4.69, 9.17) is 9.47 Å². The highest BCUT2D eigenvalue weighted by Crippen LogP contribution is 2.30. The SMILES string of the molecule is COc1ccc(Nc2ccc(C(=O)Nc3cccc(F)c3)cn2)c(OC)c1. The van der Waals surface area contributed by atoms with Gasteiger partial charge in [-0.1, -0.05) is 6.07 Å². The van der Waals surface area contributed by atoms with Crippen molar-refractivity contribution in [2.75, 3.05) is 24.9 Å². The Morgan fingerprint density at radius 2 is 1.89 bits per heavy atom. The van der Waals surface area contributed by atoms with Crippen molar-refractivity contribution in [3.8, 4) is 11.5 Å². The molecule has 0 saturated heterocycles. The monoisotopic (exact) mass is 367 g/mol. The maximum Gasteiger partial charge on any atom is 0.257 e. The lowest BCUT2D eigenvalue weighted by atomic mass is 10.2. The molecule has 0 saturated carbocycles. The van der Waals surface area contributed by atoms with Gasteiger partial charge in [-0.05, 0) is 42.5 Å². The van der Waals surface area contributed by atoms with Crippen LogP contribution in [0.5, 0.6) is 11.5 Å². The molecule has 1 aromatic heterocycles. The van der Waals surface area contributed by atoms with E-state index in [0.29, 0.717) is 34.3 Å². The average molecular weight is 367 g/mol. The molecule has 0 fully saturated rings. The van der Waals surface area contributed by atoms with Crippen molar-refractivity contribution < 1.29 is 18.7 Å². The molecular formula is C20H18FN3O3. The number of carbonyl (C=O) groups excluding carboxylic acids is 1. The molecule has 2 N–H and O–H groups in total. The molecule has 2 aromatic carbocycles. The summed E-state index contributed by atoms with van der Waals surface area (Å²) in [6.07, 6.45) is 1.44. The molecule has 1 amide bonds. The molecule has 1 heterocycles. The molecule has 0 unspecified atom stereocenters. The van der Waals surface area contributed by atoms with E-state index in [1.807, 2.05) is 6.07 Å². The number of benzene rings is 2. The second-order valence-electron chi connectivity index (χ2n) is 5.59. The lowest BCUT2D eigenvalue weighted by Gasteiger charge is -2.12. The highest BCUT2D eigenvalue weighted by molar-refractivity contribution is 6.04. The predicted molar refractivity (Wildman–Crippen MR) is 101 cm³/mol. The molecule has 0 radical (unpaired) electrons. The molecule has 7 heteroatoms. The van der Waals surface area contributed by atoms with Gasteiger partial charge in [0.25, 0.3) is 5.91 Å². The van der Waals surface area contributed by atoms with Gasteiger partial charge in [-0.15, -0.1) is 0 Å². The smallest absolute Gasteiger partial charge is 0.257 e. The van der Waals surface area contributed by atoms with Gasteiger partial charge in [0.15, 0.2) is 0 Å². The molecule has 0 bridgehead atoms. The van der Waals surface area contributed by atoms with Crippen LogP contribution < -0.4 is 20.1 Å². The Morgan fingerprint density at radius 3 is 2.56 bits per heavy atom. The summed E-state index contributed by atoms with van der Waals surface area (Å²) in [5.74, 6) is 1.03. The molecular weight excluding hydrogens is 349 g/mol. The van der Waals surface area contributed by atoms with E-state index in [0.717, 1.165) is 0 Å². The summed E-state index contributed by atoms with van der Waals surface area (Å²) in [5.41, 5.74) is 1.44. The van der Waals surface area contributed by atoms with Crippen molar-refractivity contribution in [2.45, 2.75) is 0 Å².